The minimum Gasteiger partial charge on any atom is -0.466 e. The number of ether oxygens (including phenoxy) is 1. The van der Waals surface area contributed by atoms with Crippen LogP contribution in [0.3, 0.4) is 0 Å². The number of anilines is 1. The van der Waals surface area contributed by atoms with E-state index in [2.05, 4.69) is 19.9 Å². The first kappa shape index (κ1) is 15.1. The first-order chi connectivity index (χ1) is 9.72. The van der Waals surface area contributed by atoms with Gasteiger partial charge in [0.05, 0.1) is 17.6 Å². The molecule has 1 aromatic carbocycles. The number of methoxy groups -OCH3 is 1. The molecule has 0 spiro atoms. The maximum Gasteiger partial charge on any atom is 0.416 e. The first-order valence-electron chi connectivity index (χ1n) is 5.39. The van der Waals surface area contributed by atoms with E-state index in [4.69, 9.17) is 0 Å². The molecule has 21 heavy (non-hydrogen) atoms. The van der Waals surface area contributed by atoms with Crippen LogP contribution in [-0.4, -0.2) is 30.7 Å². The van der Waals surface area contributed by atoms with Crippen molar-refractivity contribution in [1.29, 1.82) is 0 Å². The number of aromatic nitrogens is 3. The van der Waals surface area contributed by atoms with Crippen LogP contribution < -0.4 is 9.46 Å². The van der Waals surface area contributed by atoms with Gasteiger partial charge in [-0.1, -0.05) is 6.07 Å². The normalized spacial score (nSPS) is 12.2. The lowest BCUT2D eigenvalue weighted by Gasteiger charge is -2.09. The largest absolute Gasteiger partial charge is 0.466 e. The van der Waals surface area contributed by atoms with E-state index in [0.717, 1.165) is 18.2 Å². The van der Waals surface area contributed by atoms with E-state index >= 15 is 0 Å². The Morgan fingerprint density at radius 2 is 2.05 bits per heavy atom. The lowest BCUT2D eigenvalue weighted by Crippen LogP contribution is -2.15. The number of nitrogens with zero attached hydrogens (tertiary/aromatic N) is 2. The van der Waals surface area contributed by atoms with E-state index in [1.165, 1.54) is 7.11 Å². The van der Waals surface area contributed by atoms with Crippen LogP contribution in [0.25, 0.3) is 0 Å². The predicted molar refractivity (Wildman–Crippen MR) is 65.2 cm³/mol. The van der Waals surface area contributed by atoms with E-state index < -0.39 is 26.7 Å². The Morgan fingerprint density at radius 1 is 1.33 bits per heavy atom. The number of benzene rings is 1. The van der Waals surface area contributed by atoms with Crippen LogP contribution in [0.4, 0.5) is 19.1 Å². The average molecular weight is 322 g/mol. The summed E-state index contributed by atoms with van der Waals surface area (Å²) in [6.07, 6.45) is -4.64. The fraction of sp³-hybridized carbons (Fsp3) is 0.200. The minimum atomic E-state index is -4.64. The first-order valence-corrected chi connectivity index (χ1v) is 6.87. The summed E-state index contributed by atoms with van der Waals surface area (Å²) in [5.74, 6) is -0.274. The Bertz CT molecular complexity index is 742. The number of aromatic amines is 1. The molecule has 0 saturated carbocycles. The number of hydrogen-bond donors (Lipinski definition) is 2. The molecule has 114 valence electrons. The van der Waals surface area contributed by atoms with Crippen molar-refractivity contribution in [2.45, 2.75) is 11.1 Å². The van der Waals surface area contributed by atoms with E-state index in [1.807, 2.05) is 4.72 Å². The van der Waals surface area contributed by atoms with E-state index in [1.54, 1.807) is 0 Å². The van der Waals surface area contributed by atoms with E-state index in [-0.39, 0.29) is 12.0 Å². The lowest BCUT2D eigenvalue weighted by atomic mass is 10.2. The highest BCUT2D eigenvalue weighted by atomic mass is 32.2. The van der Waals surface area contributed by atoms with Crippen molar-refractivity contribution in [3.8, 4) is 6.01 Å². The van der Waals surface area contributed by atoms with Gasteiger partial charge in [0, 0.05) is 0 Å². The SMILES string of the molecule is COc1n[nH]c(NS(=O)(=O)c2cccc(C(F)(F)F)c2)n1. The summed E-state index contributed by atoms with van der Waals surface area (Å²) in [5, 5.41) is 5.73. The fourth-order valence-electron chi connectivity index (χ4n) is 1.41. The lowest BCUT2D eigenvalue weighted by molar-refractivity contribution is -0.137. The monoisotopic (exact) mass is 322 g/mol. The zero-order valence-corrected chi connectivity index (χ0v) is 11.3. The second kappa shape index (κ2) is 5.24. The van der Waals surface area contributed by atoms with Crippen LogP contribution in [0.2, 0.25) is 0 Å². The third-order valence-electron chi connectivity index (χ3n) is 2.35. The molecule has 0 aliphatic rings. The summed E-state index contributed by atoms with van der Waals surface area (Å²) >= 11 is 0. The van der Waals surface area contributed by atoms with Gasteiger partial charge >= 0.3 is 12.2 Å². The molecule has 0 atom stereocenters. The zero-order valence-electron chi connectivity index (χ0n) is 10.5. The van der Waals surface area contributed by atoms with Gasteiger partial charge in [0.1, 0.15) is 0 Å². The Labute approximate surface area is 117 Å². The van der Waals surface area contributed by atoms with Gasteiger partial charge < -0.3 is 4.74 Å². The quantitative estimate of drug-likeness (QED) is 0.892. The third kappa shape index (κ3) is 3.42. The molecule has 2 N–H and O–H groups in total. The molecule has 0 unspecified atom stereocenters. The van der Waals surface area contributed by atoms with Crippen LogP contribution in [0.1, 0.15) is 5.56 Å². The van der Waals surface area contributed by atoms with Crippen molar-refractivity contribution >= 4 is 16.0 Å². The third-order valence-corrected chi connectivity index (χ3v) is 3.69. The molecular weight excluding hydrogens is 313 g/mol. The van der Waals surface area contributed by atoms with Crippen molar-refractivity contribution < 1.29 is 26.3 Å². The van der Waals surface area contributed by atoms with Gasteiger partial charge in [-0.15, -0.1) is 5.10 Å². The van der Waals surface area contributed by atoms with Crippen molar-refractivity contribution in [3.63, 3.8) is 0 Å². The number of hydrogen-bond acceptors (Lipinski definition) is 5. The molecule has 1 heterocycles. The van der Waals surface area contributed by atoms with Crippen molar-refractivity contribution in [2.75, 3.05) is 11.8 Å². The highest BCUT2D eigenvalue weighted by Crippen LogP contribution is 2.30. The number of halogens is 3. The van der Waals surface area contributed by atoms with Gasteiger partial charge in [0.25, 0.3) is 10.0 Å². The molecule has 0 bridgehead atoms. The summed E-state index contributed by atoms with van der Waals surface area (Å²) in [4.78, 5) is 3.06. The second-order valence-electron chi connectivity index (χ2n) is 3.80. The van der Waals surface area contributed by atoms with Gasteiger partial charge in [0.15, 0.2) is 0 Å². The maximum atomic E-state index is 12.6. The molecule has 0 amide bonds. The molecule has 7 nitrogen and oxygen atoms in total. The maximum absolute atomic E-state index is 12.6. The molecule has 2 rings (SSSR count). The van der Waals surface area contributed by atoms with E-state index in [0.29, 0.717) is 6.07 Å². The topological polar surface area (TPSA) is 97.0 Å². The minimum absolute atomic E-state index is 0.114. The molecule has 0 aliphatic heterocycles. The van der Waals surface area contributed by atoms with Crippen LogP contribution >= 0.6 is 0 Å². The van der Waals surface area contributed by atoms with Gasteiger partial charge in [-0.2, -0.15) is 18.2 Å². The molecule has 2 aromatic rings. The number of sulfonamides is 1. The van der Waals surface area contributed by atoms with Crippen molar-refractivity contribution in [1.82, 2.24) is 15.2 Å². The molecule has 0 aliphatic carbocycles. The molecule has 0 fully saturated rings. The Morgan fingerprint density at radius 3 is 2.62 bits per heavy atom. The molecular formula is C10H9F3N4O3S. The van der Waals surface area contributed by atoms with Crippen LogP contribution in [0.5, 0.6) is 6.01 Å². The highest BCUT2D eigenvalue weighted by molar-refractivity contribution is 7.92. The number of nitrogens with one attached hydrogen (secondary N) is 2. The van der Waals surface area contributed by atoms with Gasteiger partial charge in [0.2, 0.25) is 5.95 Å². The second-order valence-corrected chi connectivity index (χ2v) is 5.48. The summed E-state index contributed by atoms with van der Waals surface area (Å²) < 4.78 is 68.3. The molecule has 1 aromatic heterocycles. The van der Waals surface area contributed by atoms with Crippen LogP contribution in [0.15, 0.2) is 29.2 Å². The summed E-state index contributed by atoms with van der Waals surface area (Å²) in [6, 6.07) is 3.22. The van der Waals surface area contributed by atoms with Crippen molar-refractivity contribution in [3.05, 3.63) is 29.8 Å². The van der Waals surface area contributed by atoms with Gasteiger partial charge in [-0.3, -0.25) is 0 Å². The molecule has 0 saturated heterocycles. The van der Waals surface area contributed by atoms with Gasteiger partial charge in [-0.05, 0) is 18.2 Å². The Kier molecular flexibility index (Phi) is 3.77. The molecule has 0 radical (unpaired) electrons. The fourth-order valence-corrected chi connectivity index (χ4v) is 2.41. The number of alkyl halides is 3. The Hall–Kier alpha value is -2.30. The number of H-pyrrole nitrogens is 1. The summed E-state index contributed by atoms with van der Waals surface area (Å²) in [5.41, 5.74) is -1.07. The Balaban J connectivity index is 2.31. The van der Waals surface area contributed by atoms with Crippen LogP contribution in [0, 0.1) is 0 Å². The molecule has 11 heteroatoms. The van der Waals surface area contributed by atoms with Gasteiger partial charge in [-0.25, -0.2) is 18.2 Å². The average Bonchev–Trinajstić information content (AvgIpc) is 2.85. The standard InChI is InChI=1S/C10H9F3N4O3S/c1-20-9-14-8(15-16-9)17-21(18,19)7-4-2-3-6(5-7)10(11,12)13/h2-5H,1H3,(H2,14,15,16,17). The summed E-state index contributed by atoms with van der Waals surface area (Å²) in [7, 11) is -2.96. The zero-order chi connectivity index (χ0) is 15.7. The smallest absolute Gasteiger partial charge is 0.416 e. The van der Waals surface area contributed by atoms with Crippen LogP contribution in [-0.2, 0) is 16.2 Å². The predicted octanol–water partition coefficient (Wildman–Crippen LogP) is 1.63. The number of rotatable bonds is 4. The summed E-state index contributed by atoms with van der Waals surface area (Å²) in [6.45, 7) is 0. The highest BCUT2D eigenvalue weighted by Gasteiger charge is 2.31. The van der Waals surface area contributed by atoms with Crippen molar-refractivity contribution in [2.24, 2.45) is 0 Å². The van der Waals surface area contributed by atoms with E-state index in [9.17, 15) is 21.6 Å².